The molecule has 4 heteroatoms. The number of benzene rings is 1. The summed E-state index contributed by atoms with van der Waals surface area (Å²) in [6.07, 6.45) is 2.71. The van der Waals surface area contributed by atoms with Crippen LogP contribution < -0.4 is 9.47 Å². The van der Waals surface area contributed by atoms with E-state index < -0.39 is 5.97 Å². The fourth-order valence-corrected chi connectivity index (χ4v) is 1.85. The van der Waals surface area contributed by atoms with Gasteiger partial charge in [-0.25, -0.2) is 0 Å². The first-order valence-electron chi connectivity index (χ1n) is 5.86. The number of fused-ring (bicyclic) bond motifs is 1. The molecule has 0 bridgehead atoms. The molecular weight excluding hydrogens is 220 g/mol. The molecule has 17 heavy (non-hydrogen) atoms. The van der Waals surface area contributed by atoms with Crippen LogP contribution in [0.25, 0.3) is 0 Å². The molecule has 1 aromatic rings. The van der Waals surface area contributed by atoms with Crippen molar-refractivity contribution in [1.82, 2.24) is 0 Å². The number of rotatable bonds is 5. The van der Waals surface area contributed by atoms with Gasteiger partial charge >= 0.3 is 5.97 Å². The molecule has 0 atom stereocenters. The van der Waals surface area contributed by atoms with Crippen LogP contribution in [0.2, 0.25) is 0 Å². The summed E-state index contributed by atoms with van der Waals surface area (Å²) in [6.45, 7) is 1.19. The van der Waals surface area contributed by atoms with Crippen LogP contribution in [-0.4, -0.2) is 24.3 Å². The summed E-state index contributed by atoms with van der Waals surface area (Å²) < 4.78 is 10.9. The highest BCUT2D eigenvalue weighted by molar-refractivity contribution is 5.66. The number of hydrogen-bond donors (Lipinski definition) is 1. The fourth-order valence-electron chi connectivity index (χ4n) is 1.85. The van der Waals surface area contributed by atoms with Crippen LogP contribution in [0.1, 0.15) is 24.8 Å². The molecule has 0 amide bonds. The number of aliphatic carboxylic acids is 1. The summed E-state index contributed by atoms with van der Waals surface area (Å²) in [6, 6.07) is 5.91. The van der Waals surface area contributed by atoms with Gasteiger partial charge in [0.1, 0.15) is 13.2 Å². The van der Waals surface area contributed by atoms with E-state index in [-0.39, 0.29) is 6.42 Å². The third kappa shape index (κ3) is 3.37. The maximum absolute atomic E-state index is 10.4. The zero-order valence-electron chi connectivity index (χ0n) is 9.65. The van der Waals surface area contributed by atoms with Crippen molar-refractivity contribution in [3.05, 3.63) is 23.8 Å². The lowest BCUT2D eigenvalue weighted by molar-refractivity contribution is -0.137. The number of unbranched alkanes of at least 4 members (excludes halogenated alkanes) is 1. The first-order chi connectivity index (χ1) is 8.25. The Morgan fingerprint density at radius 2 is 1.94 bits per heavy atom. The van der Waals surface area contributed by atoms with E-state index in [0.29, 0.717) is 19.6 Å². The van der Waals surface area contributed by atoms with Crippen molar-refractivity contribution < 1.29 is 19.4 Å². The third-order valence-electron chi connectivity index (χ3n) is 2.71. The number of aryl methyl sites for hydroxylation is 1. The molecular formula is C13H16O4. The Morgan fingerprint density at radius 1 is 1.18 bits per heavy atom. The lowest BCUT2D eigenvalue weighted by Crippen LogP contribution is -2.15. The zero-order chi connectivity index (χ0) is 12.1. The first kappa shape index (κ1) is 11.8. The lowest BCUT2D eigenvalue weighted by Gasteiger charge is -2.18. The van der Waals surface area contributed by atoms with E-state index >= 15 is 0 Å². The summed E-state index contributed by atoms with van der Waals surface area (Å²) in [5.41, 5.74) is 1.17. The monoisotopic (exact) mass is 236 g/mol. The van der Waals surface area contributed by atoms with Gasteiger partial charge in [-0.2, -0.15) is 0 Å². The molecule has 0 aromatic heterocycles. The van der Waals surface area contributed by atoms with E-state index in [1.165, 1.54) is 5.56 Å². The number of carbonyl (C=O) groups is 1. The molecule has 1 aromatic carbocycles. The Morgan fingerprint density at radius 3 is 2.71 bits per heavy atom. The second-order valence-corrected chi connectivity index (χ2v) is 4.08. The van der Waals surface area contributed by atoms with Crippen molar-refractivity contribution in [3.8, 4) is 11.5 Å². The SMILES string of the molecule is O=C(O)CCCCc1ccc2c(c1)OCCO2. The average Bonchev–Trinajstić information content (AvgIpc) is 2.34. The van der Waals surface area contributed by atoms with Crippen LogP contribution in [0, 0.1) is 0 Å². The van der Waals surface area contributed by atoms with Crippen molar-refractivity contribution >= 4 is 5.97 Å². The molecule has 0 aliphatic carbocycles. The molecule has 0 unspecified atom stereocenters. The van der Waals surface area contributed by atoms with E-state index in [1.54, 1.807) is 0 Å². The van der Waals surface area contributed by atoms with Gasteiger partial charge in [-0.15, -0.1) is 0 Å². The molecule has 4 nitrogen and oxygen atoms in total. The maximum Gasteiger partial charge on any atom is 0.303 e. The van der Waals surface area contributed by atoms with Crippen molar-refractivity contribution in [2.24, 2.45) is 0 Å². The highest BCUT2D eigenvalue weighted by atomic mass is 16.6. The Bertz CT molecular complexity index is 400. The van der Waals surface area contributed by atoms with Gasteiger partial charge in [0.25, 0.3) is 0 Å². The Labute approximate surface area is 100 Å². The molecule has 0 radical (unpaired) electrons. The van der Waals surface area contributed by atoms with Crippen molar-refractivity contribution in [2.45, 2.75) is 25.7 Å². The molecule has 0 spiro atoms. The largest absolute Gasteiger partial charge is 0.486 e. The van der Waals surface area contributed by atoms with Crippen LogP contribution in [0.15, 0.2) is 18.2 Å². The minimum absolute atomic E-state index is 0.241. The smallest absolute Gasteiger partial charge is 0.303 e. The second-order valence-electron chi connectivity index (χ2n) is 4.08. The minimum atomic E-state index is -0.729. The van der Waals surface area contributed by atoms with E-state index in [9.17, 15) is 4.79 Å². The Hall–Kier alpha value is -1.71. The summed E-state index contributed by atoms with van der Waals surface area (Å²) >= 11 is 0. The number of hydrogen-bond acceptors (Lipinski definition) is 3. The third-order valence-corrected chi connectivity index (χ3v) is 2.71. The number of carboxylic acid groups (broad SMARTS) is 1. The molecule has 1 aliphatic rings. The lowest BCUT2D eigenvalue weighted by atomic mass is 10.1. The van der Waals surface area contributed by atoms with Crippen LogP contribution in [0.3, 0.4) is 0 Å². The van der Waals surface area contributed by atoms with Gasteiger partial charge in [-0.05, 0) is 37.0 Å². The molecule has 1 heterocycles. The van der Waals surface area contributed by atoms with Gasteiger partial charge < -0.3 is 14.6 Å². The number of carboxylic acids is 1. The van der Waals surface area contributed by atoms with Crippen LogP contribution in [-0.2, 0) is 11.2 Å². The standard InChI is InChI=1S/C13H16O4/c14-13(15)4-2-1-3-10-5-6-11-12(9-10)17-8-7-16-11/h5-6,9H,1-4,7-8H2,(H,14,15). The molecule has 0 saturated carbocycles. The maximum atomic E-state index is 10.4. The zero-order valence-corrected chi connectivity index (χ0v) is 9.65. The number of ether oxygens (including phenoxy) is 2. The van der Waals surface area contributed by atoms with Gasteiger partial charge in [-0.3, -0.25) is 4.79 Å². The molecule has 0 fully saturated rings. The fraction of sp³-hybridized carbons (Fsp3) is 0.462. The van der Waals surface area contributed by atoms with Crippen molar-refractivity contribution in [1.29, 1.82) is 0 Å². The van der Waals surface area contributed by atoms with Crippen LogP contribution >= 0.6 is 0 Å². The Kier molecular flexibility index (Phi) is 3.85. The van der Waals surface area contributed by atoms with Crippen molar-refractivity contribution in [3.63, 3.8) is 0 Å². The van der Waals surface area contributed by atoms with Gasteiger partial charge in [0, 0.05) is 6.42 Å². The summed E-state index contributed by atoms with van der Waals surface area (Å²) in [7, 11) is 0. The normalized spacial score (nSPS) is 13.4. The van der Waals surface area contributed by atoms with E-state index in [2.05, 4.69) is 0 Å². The van der Waals surface area contributed by atoms with Gasteiger partial charge in [-0.1, -0.05) is 6.07 Å². The summed E-state index contributed by atoms with van der Waals surface area (Å²) in [4.78, 5) is 10.4. The van der Waals surface area contributed by atoms with Crippen LogP contribution in [0.5, 0.6) is 11.5 Å². The highest BCUT2D eigenvalue weighted by Gasteiger charge is 2.11. The molecule has 1 N–H and O–H groups in total. The van der Waals surface area contributed by atoms with Crippen LogP contribution in [0.4, 0.5) is 0 Å². The predicted octanol–water partition coefficient (Wildman–Crippen LogP) is 2.26. The molecule has 0 saturated heterocycles. The molecule has 2 rings (SSSR count). The van der Waals surface area contributed by atoms with E-state index in [4.69, 9.17) is 14.6 Å². The Balaban J connectivity index is 1.86. The summed E-state index contributed by atoms with van der Waals surface area (Å²) in [5.74, 6) is 0.865. The predicted molar refractivity (Wildman–Crippen MR) is 62.6 cm³/mol. The van der Waals surface area contributed by atoms with Gasteiger partial charge in [0.2, 0.25) is 0 Å². The molecule has 1 aliphatic heterocycles. The molecule has 92 valence electrons. The topological polar surface area (TPSA) is 55.8 Å². The van der Waals surface area contributed by atoms with E-state index in [1.807, 2.05) is 18.2 Å². The van der Waals surface area contributed by atoms with Crippen molar-refractivity contribution in [2.75, 3.05) is 13.2 Å². The summed E-state index contributed by atoms with van der Waals surface area (Å²) in [5, 5.41) is 8.53. The van der Waals surface area contributed by atoms with Gasteiger partial charge in [0.05, 0.1) is 0 Å². The van der Waals surface area contributed by atoms with Gasteiger partial charge in [0.15, 0.2) is 11.5 Å². The minimum Gasteiger partial charge on any atom is -0.486 e. The van der Waals surface area contributed by atoms with E-state index in [0.717, 1.165) is 24.3 Å². The average molecular weight is 236 g/mol. The highest BCUT2D eigenvalue weighted by Crippen LogP contribution is 2.31. The second kappa shape index (κ2) is 5.57. The first-order valence-corrected chi connectivity index (χ1v) is 5.86. The quantitative estimate of drug-likeness (QED) is 0.797.